The zero-order valence-electron chi connectivity index (χ0n) is 13.6. The van der Waals surface area contributed by atoms with Crippen molar-refractivity contribution >= 4 is 24.0 Å². The van der Waals surface area contributed by atoms with Crippen LogP contribution in [-0.4, -0.2) is 62.1 Å². The Morgan fingerprint density at radius 2 is 2.12 bits per heavy atom. The second-order valence-corrected chi connectivity index (χ2v) is 5.34. The van der Waals surface area contributed by atoms with Gasteiger partial charge in [0.15, 0.2) is 5.75 Å². The number of hydrogen-bond acceptors (Lipinski definition) is 6. The average Bonchev–Trinajstić information content (AvgIpc) is 2.58. The van der Waals surface area contributed by atoms with Gasteiger partial charge in [0.2, 0.25) is 0 Å². The number of nitrogens with one attached hydrogen (secondary N) is 2. The van der Waals surface area contributed by atoms with Crippen molar-refractivity contribution in [3.8, 4) is 5.75 Å². The zero-order chi connectivity index (χ0) is 16.7. The molecule has 1 amide bonds. The molecule has 0 saturated carbocycles. The molecule has 2 N–H and O–H groups in total. The van der Waals surface area contributed by atoms with Crippen LogP contribution in [0.5, 0.6) is 5.75 Å². The Morgan fingerprint density at radius 3 is 2.75 bits per heavy atom. The van der Waals surface area contributed by atoms with Gasteiger partial charge in [0.05, 0.1) is 12.0 Å². The summed E-state index contributed by atoms with van der Waals surface area (Å²) in [5.41, 5.74) is 0.206. The van der Waals surface area contributed by atoms with E-state index in [2.05, 4.69) is 15.5 Å². The number of methoxy groups -OCH3 is 1. The van der Waals surface area contributed by atoms with Crippen LogP contribution in [0.2, 0.25) is 0 Å². The van der Waals surface area contributed by atoms with Crippen molar-refractivity contribution in [3.05, 3.63) is 33.9 Å². The Hall–Kier alpha value is -1.90. The molecule has 1 aliphatic heterocycles. The number of benzene rings is 1. The van der Waals surface area contributed by atoms with Crippen LogP contribution in [0.1, 0.15) is 16.8 Å². The minimum Gasteiger partial charge on any atom is -0.490 e. The summed E-state index contributed by atoms with van der Waals surface area (Å²) < 4.78 is 4.97. The molecule has 0 aromatic heterocycles. The fraction of sp³-hybridized carbons (Fsp3) is 0.533. The lowest BCUT2D eigenvalue weighted by molar-refractivity contribution is -0.385. The molecule has 0 radical (unpaired) electrons. The van der Waals surface area contributed by atoms with E-state index >= 15 is 0 Å². The Labute approximate surface area is 147 Å². The van der Waals surface area contributed by atoms with Gasteiger partial charge in [0.1, 0.15) is 0 Å². The number of ether oxygens (including phenoxy) is 1. The Bertz CT molecular complexity index is 564. The molecule has 0 bridgehead atoms. The molecule has 1 aromatic carbocycles. The van der Waals surface area contributed by atoms with E-state index in [0.717, 1.165) is 39.1 Å². The van der Waals surface area contributed by atoms with Gasteiger partial charge in [0.25, 0.3) is 5.91 Å². The maximum Gasteiger partial charge on any atom is 0.310 e. The summed E-state index contributed by atoms with van der Waals surface area (Å²) in [7, 11) is 1.34. The highest BCUT2D eigenvalue weighted by Crippen LogP contribution is 2.27. The van der Waals surface area contributed by atoms with Crippen LogP contribution in [0.4, 0.5) is 5.69 Å². The van der Waals surface area contributed by atoms with E-state index in [4.69, 9.17) is 4.74 Å². The summed E-state index contributed by atoms with van der Waals surface area (Å²) in [6, 6.07) is 4.12. The standard InChI is InChI=1S/C15H22N4O4.ClH/c1-23-14-11-12(3-4-13(14)19(21)22)15(20)17-5-2-8-18-9-6-16-7-10-18;/h3-4,11,16H,2,5-10H2,1H3,(H,17,20);1H. The first kappa shape index (κ1) is 20.1. The molecule has 1 fully saturated rings. The minimum absolute atomic E-state index is 0. The third kappa shape index (κ3) is 5.63. The molecule has 2 rings (SSSR count). The van der Waals surface area contributed by atoms with Crippen LogP contribution in [-0.2, 0) is 0 Å². The number of rotatable bonds is 7. The quantitative estimate of drug-likeness (QED) is 0.429. The summed E-state index contributed by atoms with van der Waals surface area (Å²) in [5, 5.41) is 17.0. The summed E-state index contributed by atoms with van der Waals surface area (Å²) in [6.45, 7) is 5.61. The average molecular weight is 359 g/mol. The largest absolute Gasteiger partial charge is 0.490 e. The van der Waals surface area contributed by atoms with Crippen LogP contribution in [0.15, 0.2) is 18.2 Å². The predicted molar refractivity (Wildman–Crippen MR) is 93.2 cm³/mol. The van der Waals surface area contributed by atoms with Crippen LogP contribution >= 0.6 is 12.4 Å². The first-order valence-electron chi connectivity index (χ1n) is 7.65. The second-order valence-electron chi connectivity index (χ2n) is 5.34. The van der Waals surface area contributed by atoms with E-state index in [9.17, 15) is 14.9 Å². The van der Waals surface area contributed by atoms with Gasteiger partial charge in [-0.05, 0) is 19.0 Å². The van der Waals surface area contributed by atoms with Crippen molar-refractivity contribution in [2.24, 2.45) is 0 Å². The van der Waals surface area contributed by atoms with E-state index in [1.165, 1.54) is 25.3 Å². The summed E-state index contributed by atoms with van der Waals surface area (Å²) in [6.07, 6.45) is 0.871. The third-order valence-electron chi connectivity index (χ3n) is 3.78. The highest BCUT2D eigenvalue weighted by atomic mass is 35.5. The van der Waals surface area contributed by atoms with E-state index < -0.39 is 4.92 Å². The minimum atomic E-state index is -0.534. The molecule has 24 heavy (non-hydrogen) atoms. The van der Waals surface area contributed by atoms with Gasteiger partial charge >= 0.3 is 5.69 Å². The topological polar surface area (TPSA) is 96.7 Å². The maximum absolute atomic E-state index is 12.1. The van der Waals surface area contributed by atoms with Crippen LogP contribution < -0.4 is 15.4 Å². The molecule has 0 unspecified atom stereocenters. The number of hydrogen-bond donors (Lipinski definition) is 2. The van der Waals surface area contributed by atoms with E-state index in [0.29, 0.717) is 12.1 Å². The van der Waals surface area contributed by atoms with Crippen LogP contribution in [0, 0.1) is 10.1 Å². The van der Waals surface area contributed by atoms with E-state index in [1.807, 2.05) is 0 Å². The highest BCUT2D eigenvalue weighted by Gasteiger charge is 2.17. The molecule has 1 heterocycles. The molecule has 1 aliphatic rings. The monoisotopic (exact) mass is 358 g/mol. The molecule has 8 nitrogen and oxygen atoms in total. The van der Waals surface area contributed by atoms with Crippen molar-refractivity contribution in [2.45, 2.75) is 6.42 Å². The molecular formula is C15H23ClN4O4. The molecule has 0 atom stereocenters. The van der Waals surface area contributed by atoms with Gasteiger partial charge in [-0.2, -0.15) is 0 Å². The van der Waals surface area contributed by atoms with Crippen molar-refractivity contribution < 1.29 is 14.5 Å². The smallest absolute Gasteiger partial charge is 0.310 e. The van der Waals surface area contributed by atoms with Crippen LogP contribution in [0.3, 0.4) is 0 Å². The van der Waals surface area contributed by atoms with Gasteiger partial charge in [0, 0.05) is 50.4 Å². The number of piperazine rings is 1. The second kappa shape index (κ2) is 10.1. The highest BCUT2D eigenvalue weighted by molar-refractivity contribution is 5.95. The molecular weight excluding hydrogens is 336 g/mol. The van der Waals surface area contributed by atoms with Crippen molar-refractivity contribution in [2.75, 3.05) is 46.4 Å². The third-order valence-corrected chi connectivity index (χ3v) is 3.78. The number of nitro benzene ring substituents is 1. The van der Waals surface area contributed by atoms with Crippen molar-refractivity contribution in [1.82, 2.24) is 15.5 Å². The Balaban J connectivity index is 0.00000288. The van der Waals surface area contributed by atoms with Gasteiger partial charge in [-0.3, -0.25) is 14.9 Å². The number of nitro groups is 1. The lowest BCUT2D eigenvalue weighted by Gasteiger charge is -2.27. The van der Waals surface area contributed by atoms with Gasteiger partial charge < -0.3 is 20.3 Å². The lowest BCUT2D eigenvalue weighted by atomic mass is 10.1. The predicted octanol–water partition coefficient (Wildman–Crippen LogP) is 1.05. The number of halogens is 1. The van der Waals surface area contributed by atoms with Gasteiger partial charge in [-0.1, -0.05) is 0 Å². The summed E-state index contributed by atoms with van der Waals surface area (Å²) >= 11 is 0. The Morgan fingerprint density at radius 1 is 1.42 bits per heavy atom. The molecule has 1 aromatic rings. The Kier molecular flexibility index (Phi) is 8.45. The molecule has 134 valence electrons. The number of nitrogens with zero attached hydrogens (tertiary/aromatic N) is 2. The fourth-order valence-electron chi connectivity index (χ4n) is 2.51. The molecule has 9 heteroatoms. The van der Waals surface area contributed by atoms with Gasteiger partial charge in [-0.25, -0.2) is 0 Å². The fourth-order valence-corrected chi connectivity index (χ4v) is 2.51. The molecule has 1 saturated heterocycles. The SMILES string of the molecule is COc1cc(C(=O)NCCCN2CCNCC2)ccc1[N+](=O)[O-].Cl. The van der Waals surface area contributed by atoms with Crippen molar-refractivity contribution in [1.29, 1.82) is 0 Å². The number of amides is 1. The molecule has 0 spiro atoms. The number of carbonyl (C=O) groups excluding carboxylic acids is 1. The molecule has 0 aliphatic carbocycles. The van der Waals surface area contributed by atoms with E-state index in [1.54, 1.807) is 0 Å². The maximum atomic E-state index is 12.1. The zero-order valence-corrected chi connectivity index (χ0v) is 14.4. The van der Waals surface area contributed by atoms with E-state index in [-0.39, 0.29) is 29.8 Å². The van der Waals surface area contributed by atoms with Crippen molar-refractivity contribution in [3.63, 3.8) is 0 Å². The number of carbonyl (C=O) groups is 1. The summed E-state index contributed by atoms with van der Waals surface area (Å²) in [4.78, 5) is 24.7. The van der Waals surface area contributed by atoms with Gasteiger partial charge in [-0.15, -0.1) is 12.4 Å². The first-order chi connectivity index (χ1) is 11.1. The van der Waals surface area contributed by atoms with Crippen LogP contribution in [0.25, 0.3) is 0 Å². The summed E-state index contributed by atoms with van der Waals surface area (Å²) in [5.74, 6) is -0.165. The first-order valence-corrected chi connectivity index (χ1v) is 7.65. The normalized spacial score (nSPS) is 14.5. The lowest BCUT2D eigenvalue weighted by Crippen LogP contribution is -2.44.